The minimum Gasteiger partial charge on any atom is -0.501 e. The molecule has 1 aromatic heterocycles. The SMILES string of the molecule is Cc1nc(S/C(=C\c2cc(I)c(O)c([N+](=O)[O-])c2)C(=O)O)n[nH]1. The molecule has 0 aliphatic carbocycles. The number of halogens is 1. The first kappa shape index (κ1) is 17.2. The zero-order chi connectivity index (χ0) is 17.1. The van der Waals surface area contributed by atoms with Crippen LogP contribution in [0, 0.1) is 20.6 Å². The van der Waals surface area contributed by atoms with Crippen LogP contribution in [0.2, 0.25) is 0 Å². The van der Waals surface area contributed by atoms with Crippen LogP contribution < -0.4 is 0 Å². The highest BCUT2D eigenvalue weighted by Gasteiger charge is 2.19. The lowest BCUT2D eigenvalue weighted by Gasteiger charge is -2.03. The van der Waals surface area contributed by atoms with Gasteiger partial charge in [0, 0.05) is 6.07 Å². The summed E-state index contributed by atoms with van der Waals surface area (Å²) in [6.45, 7) is 1.67. The van der Waals surface area contributed by atoms with E-state index in [4.69, 9.17) is 0 Å². The summed E-state index contributed by atoms with van der Waals surface area (Å²) in [5.41, 5.74) is -0.220. The molecule has 23 heavy (non-hydrogen) atoms. The number of aromatic hydroxyl groups is 1. The van der Waals surface area contributed by atoms with E-state index in [0.717, 1.165) is 17.8 Å². The molecule has 0 spiro atoms. The predicted molar refractivity (Wildman–Crippen MR) is 90.1 cm³/mol. The largest absolute Gasteiger partial charge is 0.501 e. The van der Waals surface area contributed by atoms with Gasteiger partial charge in [-0.15, -0.1) is 5.10 Å². The summed E-state index contributed by atoms with van der Waals surface area (Å²) in [5, 5.41) is 36.5. The van der Waals surface area contributed by atoms with Crippen molar-refractivity contribution in [3.05, 3.63) is 42.1 Å². The summed E-state index contributed by atoms with van der Waals surface area (Å²) in [7, 11) is 0. The average molecular weight is 448 g/mol. The zero-order valence-corrected chi connectivity index (χ0v) is 14.5. The van der Waals surface area contributed by atoms with Gasteiger partial charge in [0.25, 0.3) is 0 Å². The Hall–Kier alpha value is -2.15. The molecule has 0 saturated heterocycles. The molecule has 0 atom stereocenters. The van der Waals surface area contributed by atoms with E-state index in [1.807, 2.05) is 0 Å². The standard InChI is InChI=1S/C12H9IN4O5S/c1-5-14-12(16-15-5)23-9(11(19)20)4-6-2-7(13)10(18)8(3-6)17(21)22/h2-4,18H,1H3,(H,19,20)(H,14,15,16)/b9-4-. The number of nitro groups is 1. The van der Waals surface area contributed by atoms with Crippen LogP contribution in [-0.4, -0.2) is 36.3 Å². The Morgan fingerprint density at radius 2 is 2.22 bits per heavy atom. The van der Waals surface area contributed by atoms with E-state index in [9.17, 15) is 25.1 Å². The highest BCUT2D eigenvalue weighted by atomic mass is 127. The number of aryl methyl sites for hydroxylation is 1. The van der Waals surface area contributed by atoms with Gasteiger partial charge in [0.2, 0.25) is 10.9 Å². The maximum atomic E-state index is 11.3. The monoisotopic (exact) mass is 448 g/mol. The molecule has 0 saturated carbocycles. The van der Waals surface area contributed by atoms with Gasteiger partial charge in [-0.25, -0.2) is 9.78 Å². The van der Waals surface area contributed by atoms with E-state index in [2.05, 4.69) is 15.2 Å². The Morgan fingerprint density at radius 1 is 1.52 bits per heavy atom. The molecule has 3 N–H and O–H groups in total. The predicted octanol–water partition coefficient (Wildman–Crippen LogP) is 2.55. The van der Waals surface area contributed by atoms with E-state index in [-0.39, 0.29) is 19.2 Å². The number of phenols is 1. The van der Waals surface area contributed by atoms with E-state index >= 15 is 0 Å². The molecule has 0 bridgehead atoms. The third kappa shape index (κ3) is 4.19. The molecule has 2 rings (SSSR count). The lowest BCUT2D eigenvalue weighted by Crippen LogP contribution is -1.98. The Morgan fingerprint density at radius 3 is 2.74 bits per heavy atom. The van der Waals surface area contributed by atoms with Gasteiger partial charge < -0.3 is 10.2 Å². The first-order valence-corrected chi connectivity index (χ1v) is 7.86. The number of aromatic nitrogens is 3. The van der Waals surface area contributed by atoms with Crippen molar-refractivity contribution in [1.29, 1.82) is 0 Å². The van der Waals surface area contributed by atoms with Crippen LogP contribution in [0.5, 0.6) is 5.75 Å². The molecule has 0 radical (unpaired) electrons. The van der Waals surface area contributed by atoms with Gasteiger partial charge in [-0.3, -0.25) is 15.2 Å². The van der Waals surface area contributed by atoms with Gasteiger partial charge in [-0.2, -0.15) is 0 Å². The number of nitrogens with zero attached hydrogens (tertiary/aromatic N) is 3. The molecule has 0 aliphatic rings. The number of thioether (sulfide) groups is 1. The number of rotatable bonds is 5. The fourth-order valence-electron chi connectivity index (χ4n) is 1.58. The Bertz CT molecular complexity index is 820. The second-order valence-corrected chi connectivity index (χ2v) is 6.42. The van der Waals surface area contributed by atoms with Crippen LogP contribution in [0.25, 0.3) is 6.08 Å². The van der Waals surface area contributed by atoms with Gasteiger partial charge in [0.05, 0.1) is 8.49 Å². The average Bonchev–Trinajstić information content (AvgIpc) is 2.86. The summed E-state index contributed by atoms with van der Waals surface area (Å²) in [6, 6.07) is 2.54. The van der Waals surface area contributed by atoms with Crippen LogP contribution in [0.4, 0.5) is 5.69 Å². The second-order valence-electron chi connectivity index (χ2n) is 4.25. The Labute approximate surface area is 147 Å². The molecular formula is C12H9IN4O5S. The van der Waals surface area contributed by atoms with Crippen molar-refractivity contribution in [1.82, 2.24) is 15.2 Å². The number of aromatic amines is 1. The number of nitro benzene ring substituents is 1. The smallest absolute Gasteiger partial charge is 0.342 e. The Kier molecular flexibility index (Phi) is 5.20. The molecule has 120 valence electrons. The first-order valence-electron chi connectivity index (χ1n) is 5.96. The zero-order valence-electron chi connectivity index (χ0n) is 11.5. The summed E-state index contributed by atoms with van der Waals surface area (Å²) in [4.78, 5) is 25.4. The number of carboxylic acid groups (broad SMARTS) is 1. The number of H-pyrrole nitrogens is 1. The van der Waals surface area contributed by atoms with Gasteiger partial charge in [0.15, 0.2) is 0 Å². The molecular weight excluding hydrogens is 439 g/mol. The van der Waals surface area contributed by atoms with Crippen LogP contribution in [-0.2, 0) is 4.79 Å². The minimum absolute atomic E-state index is 0.111. The summed E-state index contributed by atoms with van der Waals surface area (Å²) >= 11 is 2.54. The third-order valence-corrected chi connectivity index (χ3v) is 4.25. The topological polar surface area (TPSA) is 142 Å². The number of carboxylic acids is 1. The van der Waals surface area contributed by atoms with Crippen molar-refractivity contribution < 1.29 is 19.9 Å². The molecule has 1 heterocycles. The van der Waals surface area contributed by atoms with Crippen LogP contribution in [0.15, 0.2) is 22.2 Å². The fraction of sp³-hybridized carbons (Fsp3) is 0.0833. The van der Waals surface area contributed by atoms with Crippen molar-refractivity contribution in [3.8, 4) is 5.75 Å². The summed E-state index contributed by atoms with van der Waals surface area (Å²) < 4.78 is 0.242. The van der Waals surface area contributed by atoms with Gasteiger partial charge in [-0.1, -0.05) is 0 Å². The van der Waals surface area contributed by atoms with Crippen molar-refractivity contribution in [3.63, 3.8) is 0 Å². The van der Waals surface area contributed by atoms with Crippen LogP contribution in [0.3, 0.4) is 0 Å². The lowest BCUT2D eigenvalue weighted by atomic mass is 10.1. The van der Waals surface area contributed by atoms with Gasteiger partial charge in [-0.05, 0) is 59.0 Å². The molecule has 11 heteroatoms. The molecule has 2 aromatic rings. The number of aliphatic carboxylic acids is 1. The molecule has 9 nitrogen and oxygen atoms in total. The molecule has 0 amide bonds. The lowest BCUT2D eigenvalue weighted by molar-refractivity contribution is -0.386. The van der Waals surface area contributed by atoms with E-state index < -0.39 is 22.3 Å². The van der Waals surface area contributed by atoms with Crippen LogP contribution in [0.1, 0.15) is 11.4 Å². The van der Waals surface area contributed by atoms with Crippen molar-refractivity contribution in [2.24, 2.45) is 0 Å². The highest BCUT2D eigenvalue weighted by Crippen LogP contribution is 2.34. The van der Waals surface area contributed by atoms with Crippen molar-refractivity contribution >= 4 is 52.1 Å². The summed E-state index contributed by atoms with van der Waals surface area (Å²) in [6.07, 6.45) is 1.26. The molecule has 0 unspecified atom stereocenters. The minimum atomic E-state index is -1.22. The number of hydrogen-bond donors (Lipinski definition) is 3. The maximum absolute atomic E-state index is 11.3. The van der Waals surface area contributed by atoms with Gasteiger partial charge >= 0.3 is 11.7 Å². The normalized spacial score (nSPS) is 11.5. The van der Waals surface area contributed by atoms with Gasteiger partial charge in [0.1, 0.15) is 10.7 Å². The first-order chi connectivity index (χ1) is 10.8. The molecule has 0 fully saturated rings. The number of hydrogen-bond acceptors (Lipinski definition) is 7. The second kappa shape index (κ2) is 6.95. The summed E-state index contributed by atoms with van der Waals surface area (Å²) in [5.74, 6) is -1.14. The molecule has 0 aliphatic heterocycles. The van der Waals surface area contributed by atoms with Crippen molar-refractivity contribution in [2.75, 3.05) is 0 Å². The number of carbonyl (C=O) groups is 1. The quantitative estimate of drug-likeness (QED) is 0.208. The number of phenolic OH excluding ortho intramolecular Hbond substituents is 1. The number of benzene rings is 1. The highest BCUT2D eigenvalue weighted by molar-refractivity contribution is 14.1. The third-order valence-electron chi connectivity index (χ3n) is 2.55. The molecule has 1 aromatic carbocycles. The van der Waals surface area contributed by atoms with E-state index in [0.29, 0.717) is 5.82 Å². The van der Waals surface area contributed by atoms with E-state index in [1.165, 1.54) is 12.1 Å². The van der Waals surface area contributed by atoms with E-state index in [1.54, 1.807) is 29.5 Å². The van der Waals surface area contributed by atoms with Crippen LogP contribution >= 0.6 is 34.4 Å². The maximum Gasteiger partial charge on any atom is 0.342 e. The Balaban J connectivity index is 2.43. The fourth-order valence-corrected chi connectivity index (χ4v) is 2.97. The number of nitrogens with one attached hydrogen (secondary N) is 1. The van der Waals surface area contributed by atoms with Crippen molar-refractivity contribution in [2.45, 2.75) is 12.1 Å².